The summed E-state index contributed by atoms with van der Waals surface area (Å²) in [5, 5.41) is 11.4. The highest BCUT2D eigenvalue weighted by atomic mass is 16.5. The minimum atomic E-state index is -0.288. The van der Waals surface area contributed by atoms with Gasteiger partial charge in [0.2, 0.25) is 5.91 Å². The van der Waals surface area contributed by atoms with Gasteiger partial charge >= 0.3 is 0 Å². The number of carbonyl (C=O) groups is 2. The van der Waals surface area contributed by atoms with Crippen molar-refractivity contribution < 1.29 is 14.3 Å². The fourth-order valence-corrected chi connectivity index (χ4v) is 2.62. The number of hydrogen-bond donors (Lipinski definition) is 1. The van der Waals surface area contributed by atoms with E-state index in [9.17, 15) is 9.59 Å². The summed E-state index contributed by atoms with van der Waals surface area (Å²) in [7, 11) is 0. The summed E-state index contributed by atoms with van der Waals surface area (Å²) in [6.45, 7) is 0.619. The lowest BCUT2D eigenvalue weighted by molar-refractivity contribution is -0.118. The molecule has 25 heavy (non-hydrogen) atoms. The van der Waals surface area contributed by atoms with E-state index >= 15 is 0 Å². The Bertz CT molecular complexity index is 807. The Morgan fingerprint density at radius 2 is 1.88 bits per heavy atom. The molecule has 6 heteroatoms. The first-order valence-corrected chi connectivity index (χ1v) is 7.99. The Balaban J connectivity index is 1.51. The minimum absolute atomic E-state index is 0.123. The van der Waals surface area contributed by atoms with E-state index in [4.69, 9.17) is 10.00 Å². The Morgan fingerprint density at radius 1 is 1.16 bits per heavy atom. The quantitative estimate of drug-likeness (QED) is 0.911. The van der Waals surface area contributed by atoms with Crippen molar-refractivity contribution in [2.45, 2.75) is 12.8 Å². The highest BCUT2D eigenvalue weighted by Crippen LogP contribution is 2.23. The third kappa shape index (κ3) is 4.15. The average molecular weight is 335 g/mol. The normalized spacial score (nSPS) is 13.4. The monoisotopic (exact) mass is 335 g/mol. The van der Waals surface area contributed by atoms with Crippen LogP contribution in [0.4, 0.5) is 11.4 Å². The number of nitriles is 1. The fourth-order valence-electron chi connectivity index (χ4n) is 2.62. The molecular formula is C19H17N3O3. The molecule has 0 saturated carbocycles. The van der Waals surface area contributed by atoms with Crippen LogP contribution in [0.1, 0.15) is 18.4 Å². The largest absolute Gasteiger partial charge is 0.484 e. The molecule has 0 spiro atoms. The number of ether oxygens (including phenoxy) is 1. The van der Waals surface area contributed by atoms with Crippen molar-refractivity contribution in [2.75, 3.05) is 23.4 Å². The van der Waals surface area contributed by atoms with Crippen molar-refractivity contribution >= 4 is 23.2 Å². The lowest BCUT2D eigenvalue weighted by atomic mass is 10.2. The molecule has 0 aliphatic carbocycles. The molecule has 3 rings (SSSR count). The molecule has 126 valence electrons. The zero-order chi connectivity index (χ0) is 17.6. The van der Waals surface area contributed by atoms with Crippen LogP contribution in [0.15, 0.2) is 48.5 Å². The summed E-state index contributed by atoms with van der Waals surface area (Å²) < 4.78 is 5.46. The van der Waals surface area contributed by atoms with Gasteiger partial charge in [-0.3, -0.25) is 9.59 Å². The van der Waals surface area contributed by atoms with Gasteiger partial charge in [0.15, 0.2) is 6.61 Å². The number of amides is 2. The van der Waals surface area contributed by atoms with Gasteiger partial charge in [0.05, 0.1) is 11.6 Å². The molecule has 1 N–H and O–H groups in total. The second-order valence-corrected chi connectivity index (χ2v) is 5.67. The van der Waals surface area contributed by atoms with E-state index < -0.39 is 0 Å². The highest BCUT2D eigenvalue weighted by molar-refractivity contribution is 5.95. The molecule has 1 aliphatic rings. The average Bonchev–Trinajstić information content (AvgIpc) is 3.07. The first-order valence-electron chi connectivity index (χ1n) is 7.99. The Morgan fingerprint density at radius 3 is 2.48 bits per heavy atom. The van der Waals surface area contributed by atoms with Crippen LogP contribution in [0.5, 0.6) is 5.75 Å². The molecule has 0 bridgehead atoms. The summed E-state index contributed by atoms with van der Waals surface area (Å²) in [6.07, 6.45) is 1.47. The van der Waals surface area contributed by atoms with Gasteiger partial charge in [-0.1, -0.05) is 0 Å². The second kappa shape index (κ2) is 7.49. The molecule has 0 radical (unpaired) electrons. The molecule has 0 aromatic heterocycles. The van der Waals surface area contributed by atoms with Crippen molar-refractivity contribution in [1.82, 2.24) is 0 Å². The molecule has 0 unspecified atom stereocenters. The summed E-state index contributed by atoms with van der Waals surface area (Å²) in [5.41, 5.74) is 1.98. The van der Waals surface area contributed by atoms with Gasteiger partial charge in [0.1, 0.15) is 5.75 Å². The predicted molar refractivity (Wildman–Crippen MR) is 93.3 cm³/mol. The van der Waals surface area contributed by atoms with E-state index in [0.717, 1.165) is 18.7 Å². The van der Waals surface area contributed by atoms with Crippen molar-refractivity contribution in [3.05, 3.63) is 54.1 Å². The first-order chi connectivity index (χ1) is 12.2. The molecule has 2 aromatic rings. The summed E-state index contributed by atoms with van der Waals surface area (Å²) in [4.78, 5) is 25.4. The van der Waals surface area contributed by atoms with Gasteiger partial charge in [-0.15, -0.1) is 0 Å². The molecule has 1 aliphatic heterocycles. The maximum Gasteiger partial charge on any atom is 0.262 e. The van der Waals surface area contributed by atoms with Crippen molar-refractivity contribution in [3.8, 4) is 11.8 Å². The van der Waals surface area contributed by atoms with Crippen LogP contribution in [0.2, 0.25) is 0 Å². The SMILES string of the molecule is N#Cc1ccc(NC(=O)COc2ccc(N3CCCC3=O)cc2)cc1. The molecule has 6 nitrogen and oxygen atoms in total. The number of rotatable bonds is 5. The van der Waals surface area contributed by atoms with Gasteiger partial charge in [-0.25, -0.2) is 0 Å². The van der Waals surface area contributed by atoms with Gasteiger partial charge in [-0.2, -0.15) is 5.26 Å². The number of carbonyl (C=O) groups excluding carboxylic acids is 2. The maximum atomic E-state index is 11.9. The van der Waals surface area contributed by atoms with E-state index in [1.165, 1.54) is 0 Å². The second-order valence-electron chi connectivity index (χ2n) is 5.67. The number of hydrogen-bond acceptors (Lipinski definition) is 4. The van der Waals surface area contributed by atoms with Crippen molar-refractivity contribution in [2.24, 2.45) is 0 Å². The van der Waals surface area contributed by atoms with Crippen LogP contribution >= 0.6 is 0 Å². The van der Waals surface area contributed by atoms with E-state index in [1.54, 1.807) is 41.3 Å². The van der Waals surface area contributed by atoms with Crippen LogP contribution < -0.4 is 15.0 Å². The molecule has 1 fully saturated rings. The van der Waals surface area contributed by atoms with Crippen LogP contribution in [0.25, 0.3) is 0 Å². The smallest absolute Gasteiger partial charge is 0.262 e. The Labute approximate surface area is 145 Å². The van der Waals surface area contributed by atoms with Crippen molar-refractivity contribution in [3.63, 3.8) is 0 Å². The van der Waals surface area contributed by atoms with Gasteiger partial charge in [0.25, 0.3) is 5.91 Å². The van der Waals surface area contributed by atoms with Crippen LogP contribution in [-0.4, -0.2) is 25.0 Å². The summed E-state index contributed by atoms with van der Waals surface area (Å²) >= 11 is 0. The minimum Gasteiger partial charge on any atom is -0.484 e. The number of nitrogens with one attached hydrogen (secondary N) is 1. The molecule has 2 aromatic carbocycles. The topological polar surface area (TPSA) is 82.4 Å². The number of anilines is 2. The number of benzene rings is 2. The lowest BCUT2D eigenvalue weighted by Gasteiger charge is -2.16. The Hall–Kier alpha value is -3.33. The van der Waals surface area contributed by atoms with E-state index in [1.807, 2.05) is 18.2 Å². The first kappa shape index (κ1) is 16.5. The molecule has 2 amide bonds. The molecule has 1 heterocycles. The van der Waals surface area contributed by atoms with Gasteiger partial charge < -0.3 is 15.0 Å². The molecule has 1 saturated heterocycles. The third-order valence-corrected chi connectivity index (χ3v) is 3.89. The standard InChI is InChI=1S/C19H17N3O3/c20-12-14-3-5-15(6-4-14)21-18(23)13-25-17-9-7-16(8-10-17)22-11-1-2-19(22)24/h3-10H,1-2,11,13H2,(H,21,23). The van der Waals surface area contributed by atoms with Crippen LogP contribution in [-0.2, 0) is 9.59 Å². The van der Waals surface area contributed by atoms with Crippen LogP contribution in [0.3, 0.4) is 0 Å². The fraction of sp³-hybridized carbons (Fsp3) is 0.211. The highest BCUT2D eigenvalue weighted by Gasteiger charge is 2.21. The zero-order valence-electron chi connectivity index (χ0n) is 13.6. The zero-order valence-corrected chi connectivity index (χ0v) is 13.6. The van der Waals surface area contributed by atoms with Gasteiger partial charge in [0, 0.05) is 24.3 Å². The van der Waals surface area contributed by atoms with E-state index in [2.05, 4.69) is 5.32 Å². The van der Waals surface area contributed by atoms with Crippen molar-refractivity contribution in [1.29, 1.82) is 5.26 Å². The Kier molecular flexibility index (Phi) is 4.95. The third-order valence-electron chi connectivity index (χ3n) is 3.89. The summed E-state index contributed by atoms with van der Waals surface area (Å²) in [6, 6.07) is 15.7. The van der Waals surface area contributed by atoms with Gasteiger partial charge in [-0.05, 0) is 55.0 Å². The van der Waals surface area contributed by atoms with E-state index in [-0.39, 0.29) is 18.4 Å². The lowest BCUT2D eigenvalue weighted by Crippen LogP contribution is -2.23. The predicted octanol–water partition coefficient (Wildman–Crippen LogP) is 2.70. The molecular weight excluding hydrogens is 318 g/mol. The van der Waals surface area contributed by atoms with E-state index in [0.29, 0.717) is 23.4 Å². The molecule has 0 atom stereocenters. The summed E-state index contributed by atoms with van der Waals surface area (Å²) in [5.74, 6) is 0.407. The maximum absolute atomic E-state index is 11.9. The van der Waals surface area contributed by atoms with Crippen LogP contribution in [0, 0.1) is 11.3 Å². The number of nitrogens with zero attached hydrogens (tertiary/aromatic N) is 2.